The molecule has 0 aliphatic carbocycles. The minimum Gasteiger partial charge on any atom is -0.323 e. The van der Waals surface area contributed by atoms with Gasteiger partial charge in [0.25, 0.3) is 0 Å². The molecule has 0 aliphatic rings. The van der Waals surface area contributed by atoms with Crippen molar-refractivity contribution < 1.29 is 4.39 Å². The Kier molecular flexibility index (Phi) is 3.79. The lowest BCUT2D eigenvalue weighted by Gasteiger charge is -2.11. The zero-order valence-electron chi connectivity index (χ0n) is 12.2. The van der Waals surface area contributed by atoms with Crippen LogP contribution in [0, 0.1) is 19.7 Å². The van der Waals surface area contributed by atoms with Crippen molar-refractivity contribution in [2.75, 3.05) is 0 Å². The van der Waals surface area contributed by atoms with Gasteiger partial charge in [0.15, 0.2) is 0 Å². The number of fused-ring (bicyclic) bond motifs is 1. The van der Waals surface area contributed by atoms with E-state index in [-0.39, 0.29) is 11.9 Å². The van der Waals surface area contributed by atoms with E-state index in [0.29, 0.717) is 0 Å². The van der Waals surface area contributed by atoms with Crippen molar-refractivity contribution >= 4 is 21.4 Å². The van der Waals surface area contributed by atoms with Crippen molar-refractivity contribution in [3.8, 4) is 0 Å². The third kappa shape index (κ3) is 3.14. The van der Waals surface area contributed by atoms with Gasteiger partial charge in [-0.1, -0.05) is 35.4 Å². The molecule has 21 heavy (non-hydrogen) atoms. The molecule has 0 saturated heterocycles. The zero-order valence-corrected chi connectivity index (χ0v) is 13.0. The van der Waals surface area contributed by atoms with Gasteiger partial charge in [-0.25, -0.2) is 4.39 Å². The summed E-state index contributed by atoms with van der Waals surface area (Å²) in [6.07, 6.45) is 0.803. The van der Waals surface area contributed by atoms with Gasteiger partial charge in [0.2, 0.25) is 0 Å². The average Bonchev–Trinajstić information content (AvgIpc) is 2.80. The summed E-state index contributed by atoms with van der Waals surface area (Å²) < 4.78 is 14.2. The van der Waals surface area contributed by atoms with Gasteiger partial charge in [0, 0.05) is 15.6 Å². The highest BCUT2D eigenvalue weighted by molar-refractivity contribution is 7.19. The van der Waals surface area contributed by atoms with Gasteiger partial charge in [-0.05, 0) is 49.4 Å². The lowest BCUT2D eigenvalue weighted by Crippen LogP contribution is -2.11. The van der Waals surface area contributed by atoms with E-state index < -0.39 is 0 Å². The summed E-state index contributed by atoms with van der Waals surface area (Å²) in [5.41, 5.74) is 10.1. The second-order valence-electron chi connectivity index (χ2n) is 5.64. The van der Waals surface area contributed by atoms with Crippen LogP contribution in [-0.2, 0) is 6.42 Å². The van der Waals surface area contributed by atoms with Crippen LogP contribution in [0.1, 0.15) is 27.6 Å². The van der Waals surface area contributed by atoms with Crippen LogP contribution in [0.15, 0.2) is 42.5 Å². The van der Waals surface area contributed by atoms with Crippen molar-refractivity contribution in [3.05, 3.63) is 69.8 Å². The number of nitrogens with two attached hydrogens (primary N) is 1. The third-order valence-corrected chi connectivity index (χ3v) is 4.83. The topological polar surface area (TPSA) is 26.0 Å². The Bertz CT molecular complexity index is 771. The Labute approximate surface area is 128 Å². The van der Waals surface area contributed by atoms with Crippen LogP contribution in [0.4, 0.5) is 4.39 Å². The lowest BCUT2D eigenvalue weighted by atomic mass is 10.0. The van der Waals surface area contributed by atoms with Gasteiger partial charge in [-0.3, -0.25) is 0 Å². The summed E-state index contributed by atoms with van der Waals surface area (Å²) in [4.78, 5) is 1.11. The first-order valence-corrected chi connectivity index (χ1v) is 7.84. The van der Waals surface area contributed by atoms with Crippen LogP contribution in [0.5, 0.6) is 0 Å². The fourth-order valence-electron chi connectivity index (χ4n) is 2.75. The maximum atomic E-state index is 13.3. The number of benzene rings is 2. The molecule has 0 amide bonds. The quantitative estimate of drug-likeness (QED) is 0.731. The largest absolute Gasteiger partial charge is 0.323 e. The van der Waals surface area contributed by atoms with E-state index in [9.17, 15) is 4.39 Å². The summed E-state index contributed by atoms with van der Waals surface area (Å²) >= 11 is 1.58. The molecule has 1 heterocycles. The predicted octanol–water partition coefficient (Wildman–Crippen LogP) is 4.90. The smallest absolute Gasteiger partial charge is 0.124 e. The zero-order chi connectivity index (χ0) is 15.0. The molecule has 1 nitrogen and oxygen atoms in total. The Balaban J connectivity index is 1.87. The van der Waals surface area contributed by atoms with Gasteiger partial charge in [0.1, 0.15) is 5.82 Å². The van der Waals surface area contributed by atoms with Crippen molar-refractivity contribution in [2.45, 2.75) is 26.3 Å². The highest BCUT2D eigenvalue weighted by atomic mass is 32.1. The molecule has 0 fully saturated rings. The molecule has 1 atom stereocenters. The van der Waals surface area contributed by atoms with E-state index in [1.807, 2.05) is 6.07 Å². The number of aryl methyl sites for hydroxylation is 2. The SMILES string of the molecule is Cc1cc(C)cc(CC(N)c2cc3ccc(F)cc3s2)c1. The molecule has 0 spiro atoms. The lowest BCUT2D eigenvalue weighted by molar-refractivity contribution is 0.630. The van der Waals surface area contributed by atoms with Crippen LogP contribution in [0.3, 0.4) is 0 Å². The third-order valence-electron chi connectivity index (χ3n) is 3.60. The van der Waals surface area contributed by atoms with Crippen LogP contribution < -0.4 is 5.73 Å². The van der Waals surface area contributed by atoms with E-state index in [4.69, 9.17) is 5.73 Å². The number of rotatable bonds is 3. The molecule has 0 saturated carbocycles. The molecular weight excluding hydrogens is 281 g/mol. The van der Waals surface area contributed by atoms with Gasteiger partial charge in [-0.2, -0.15) is 0 Å². The summed E-state index contributed by atoms with van der Waals surface area (Å²) in [6.45, 7) is 4.20. The number of hydrogen-bond acceptors (Lipinski definition) is 2. The molecule has 1 unspecified atom stereocenters. The number of hydrogen-bond donors (Lipinski definition) is 1. The second kappa shape index (κ2) is 5.58. The van der Waals surface area contributed by atoms with Crippen LogP contribution in [-0.4, -0.2) is 0 Å². The molecule has 0 aliphatic heterocycles. The molecule has 3 heteroatoms. The van der Waals surface area contributed by atoms with Crippen LogP contribution in [0.2, 0.25) is 0 Å². The summed E-state index contributed by atoms with van der Waals surface area (Å²) in [5, 5.41) is 1.06. The van der Waals surface area contributed by atoms with Gasteiger partial charge in [-0.15, -0.1) is 11.3 Å². The highest BCUT2D eigenvalue weighted by Crippen LogP contribution is 2.31. The maximum Gasteiger partial charge on any atom is 0.124 e. The summed E-state index contributed by atoms with van der Waals surface area (Å²) in [7, 11) is 0. The minimum absolute atomic E-state index is 0.0494. The second-order valence-corrected chi connectivity index (χ2v) is 6.75. The Morgan fingerprint density at radius 1 is 1.05 bits per heavy atom. The Morgan fingerprint density at radius 3 is 2.48 bits per heavy atom. The van der Waals surface area contributed by atoms with Crippen LogP contribution in [0.25, 0.3) is 10.1 Å². The first-order valence-electron chi connectivity index (χ1n) is 7.03. The molecule has 3 rings (SSSR count). The van der Waals surface area contributed by atoms with Gasteiger partial charge in [0.05, 0.1) is 0 Å². The maximum absolute atomic E-state index is 13.3. The molecule has 1 aromatic heterocycles. The van der Waals surface area contributed by atoms with Crippen molar-refractivity contribution in [3.63, 3.8) is 0 Å². The standard InChI is InChI=1S/C18H18FNS/c1-11-5-12(2)7-13(6-11)8-16(20)18-9-14-3-4-15(19)10-17(14)21-18/h3-7,9-10,16H,8,20H2,1-2H3. The van der Waals surface area contributed by atoms with E-state index in [1.165, 1.54) is 22.8 Å². The predicted molar refractivity (Wildman–Crippen MR) is 88.3 cm³/mol. The first kappa shape index (κ1) is 14.2. The number of thiophene rings is 1. The van der Waals surface area contributed by atoms with Crippen LogP contribution >= 0.6 is 11.3 Å². The van der Waals surface area contributed by atoms with E-state index >= 15 is 0 Å². The molecule has 2 N–H and O–H groups in total. The van der Waals surface area contributed by atoms with Gasteiger partial charge < -0.3 is 5.73 Å². The fourth-order valence-corrected chi connectivity index (χ4v) is 3.84. The van der Waals surface area contributed by atoms with E-state index in [0.717, 1.165) is 21.4 Å². The molecular formula is C18H18FNS. The summed E-state index contributed by atoms with van der Waals surface area (Å²) in [6, 6.07) is 13.4. The average molecular weight is 299 g/mol. The molecule has 0 radical (unpaired) electrons. The monoisotopic (exact) mass is 299 g/mol. The molecule has 3 aromatic rings. The van der Waals surface area contributed by atoms with Crippen molar-refractivity contribution in [1.29, 1.82) is 0 Å². The normalized spacial score (nSPS) is 12.8. The molecule has 108 valence electrons. The highest BCUT2D eigenvalue weighted by Gasteiger charge is 2.12. The number of halogens is 1. The minimum atomic E-state index is -0.196. The summed E-state index contributed by atoms with van der Waals surface area (Å²) in [5.74, 6) is -0.196. The van der Waals surface area contributed by atoms with Crippen molar-refractivity contribution in [1.82, 2.24) is 0 Å². The van der Waals surface area contributed by atoms with Gasteiger partial charge >= 0.3 is 0 Å². The first-order chi connectivity index (χ1) is 10.0. The molecule has 2 aromatic carbocycles. The van der Waals surface area contributed by atoms with E-state index in [2.05, 4.69) is 38.1 Å². The molecule has 0 bridgehead atoms. The fraction of sp³-hybridized carbons (Fsp3) is 0.222. The van der Waals surface area contributed by atoms with E-state index in [1.54, 1.807) is 17.4 Å². The Hall–Kier alpha value is -1.71. The van der Waals surface area contributed by atoms with Crippen molar-refractivity contribution in [2.24, 2.45) is 5.73 Å². The Morgan fingerprint density at radius 2 is 1.76 bits per heavy atom.